The lowest BCUT2D eigenvalue weighted by Gasteiger charge is -2.28. The van der Waals surface area contributed by atoms with Gasteiger partial charge in [0, 0.05) is 11.6 Å². The van der Waals surface area contributed by atoms with E-state index in [9.17, 15) is 0 Å². The van der Waals surface area contributed by atoms with Gasteiger partial charge in [0.1, 0.15) is 0 Å². The number of aromatic amines is 1. The molecule has 0 bridgehead atoms. The first-order valence-electron chi connectivity index (χ1n) is 7.13. The topological polar surface area (TPSA) is 40.7 Å². The second-order valence-corrected chi connectivity index (χ2v) is 5.65. The van der Waals surface area contributed by atoms with Crippen molar-refractivity contribution in [3.05, 3.63) is 17.0 Å². The van der Waals surface area contributed by atoms with Crippen molar-refractivity contribution >= 4 is 0 Å². The molecule has 1 fully saturated rings. The highest BCUT2D eigenvalue weighted by Gasteiger charge is 2.27. The maximum atomic E-state index is 4.63. The van der Waals surface area contributed by atoms with Gasteiger partial charge in [-0.05, 0) is 63.1 Å². The lowest BCUT2D eigenvalue weighted by molar-refractivity contribution is 0.325. The van der Waals surface area contributed by atoms with Gasteiger partial charge in [0.2, 0.25) is 0 Å². The van der Waals surface area contributed by atoms with E-state index >= 15 is 0 Å². The average Bonchev–Trinajstić information content (AvgIpc) is 2.83. The molecule has 0 aromatic carbocycles. The molecule has 3 nitrogen and oxygen atoms in total. The third-order valence-corrected chi connectivity index (χ3v) is 4.61. The van der Waals surface area contributed by atoms with Gasteiger partial charge in [-0.15, -0.1) is 0 Å². The number of aromatic nitrogens is 2. The largest absolute Gasteiger partial charge is 0.317 e. The van der Waals surface area contributed by atoms with Crippen LogP contribution in [-0.2, 0) is 12.8 Å². The van der Waals surface area contributed by atoms with Crippen molar-refractivity contribution in [3.8, 4) is 0 Å². The van der Waals surface area contributed by atoms with Gasteiger partial charge < -0.3 is 5.32 Å². The number of piperidine rings is 1. The molecule has 2 aliphatic rings. The zero-order valence-corrected chi connectivity index (χ0v) is 10.8. The lowest BCUT2D eigenvalue weighted by Crippen LogP contribution is -2.30. The number of hydrogen-bond donors (Lipinski definition) is 2. The Kier molecular flexibility index (Phi) is 3.19. The summed E-state index contributed by atoms with van der Waals surface area (Å²) in [6, 6.07) is 0. The Morgan fingerprint density at radius 2 is 1.94 bits per heavy atom. The summed E-state index contributed by atoms with van der Waals surface area (Å²) >= 11 is 0. The summed E-state index contributed by atoms with van der Waals surface area (Å²) in [5.41, 5.74) is 4.36. The first-order valence-corrected chi connectivity index (χ1v) is 7.13. The van der Waals surface area contributed by atoms with Crippen LogP contribution in [0, 0.1) is 5.92 Å². The maximum absolute atomic E-state index is 4.63. The Bertz CT molecular complexity index is 377. The minimum atomic E-state index is 0.634. The Hall–Kier alpha value is -0.830. The van der Waals surface area contributed by atoms with Crippen LogP contribution < -0.4 is 5.32 Å². The smallest absolute Gasteiger partial charge is 0.0687 e. The zero-order chi connectivity index (χ0) is 11.7. The molecular formula is C14H23N3. The van der Waals surface area contributed by atoms with Crippen molar-refractivity contribution < 1.29 is 0 Å². The number of nitrogens with zero attached hydrogens (tertiary/aromatic N) is 1. The summed E-state index contributed by atoms with van der Waals surface area (Å²) in [6.07, 6.45) is 7.75. The van der Waals surface area contributed by atoms with Gasteiger partial charge in [0.05, 0.1) is 5.69 Å². The van der Waals surface area contributed by atoms with E-state index in [2.05, 4.69) is 22.4 Å². The van der Waals surface area contributed by atoms with Gasteiger partial charge in [-0.25, -0.2) is 0 Å². The highest BCUT2D eigenvalue weighted by atomic mass is 15.1. The summed E-state index contributed by atoms with van der Waals surface area (Å²) in [5.74, 6) is 1.46. The van der Waals surface area contributed by atoms with E-state index in [4.69, 9.17) is 0 Å². The van der Waals surface area contributed by atoms with Gasteiger partial charge in [0.15, 0.2) is 0 Å². The number of fused-ring (bicyclic) bond motifs is 1. The fourth-order valence-corrected chi connectivity index (χ4v) is 3.45. The molecule has 17 heavy (non-hydrogen) atoms. The van der Waals surface area contributed by atoms with Crippen molar-refractivity contribution in [1.82, 2.24) is 15.5 Å². The lowest BCUT2D eigenvalue weighted by atomic mass is 9.81. The third kappa shape index (κ3) is 2.13. The maximum Gasteiger partial charge on any atom is 0.0687 e. The van der Waals surface area contributed by atoms with E-state index in [1.807, 2.05) is 0 Å². The van der Waals surface area contributed by atoms with Gasteiger partial charge >= 0.3 is 0 Å². The van der Waals surface area contributed by atoms with E-state index in [1.165, 1.54) is 63.0 Å². The number of H-pyrrole nitrogens is 1. The van der Waals surface area contributed by atoms with Crippen molar-refractivity contribution in [2.24, 2.45) is 5.92 Å². The molecule has 1 unspecified atom stereocenters. The van der Waals surface area contributed by atoms with Gasteiger partial charge in [0.25, 0.3) is 0 Å². The van der Waals surface area contributed by atoms with E-state index < -0.39 is 0 Å². The van der Waals surface area contributed by atoms with Crippen LogP contribution in [0.4, 0.5) is 0 Å². The van der Waals surface area contributed by atoms with Gasteiger partial charge in [-0.3, -0.25) is 5.10 Å². The molecule has 1 aliphatic heterocycles. The van der Waals surface area contributed by atoms with E-state index in [0.29, 0.717) is 5.92 Å². The third-order valence-electron chi connectivity index (χ3n) is 4.61. The highest BCUT2D eigenvalue weighted by Crippen LogP contribution is 2.34. The molecule has 0 radical (unpaired) electrons. The summed E-state index contributed by atoms with van der Waals surface area (Å²) in [6.45, 7) is 4.74. The molecule has 0 spiro atoms. The molecule has 3 heteroatoms. The average molecular weight is 233 g/mol. The quantitative estimate of drug-likeness (QED) is 0.823. The van der Waals surface area contributed by atoms with Crippen LogP contribution in [0.15, 0.2) is 0 Å². The molecule has 1 aromatic heterocycles. The molecule has 1 atom stereocenters. The second-order valence-electron chi connectivity index (χ2n) is 5.65. The number of aryl methyl sites for hydroxylation is 1. The van der Waals surface area contributed by atoms with Crippen LogP contribution in [0.25, 0.3) is 0 Å². The normalized spacial score (nSPS) is 23.4. The number of nitrogens with one attached hydrogen (secondary N) is 2. The van der Waals surface area contributed by atoms with Gasteiger partial charge in [-0.1, -0.05) is 6.92 Å². The van der Waals surface area contributed by atoms with Crippen molar-refractivity contribution in [2.75, 3.05) is 13.1 Å². The molecule has 0 saturated carbocycles. The molecule has 2 N–H and O–H groups in total. The van der Waals surface area contributed by atoms with Crippen molar-refractivity contribution in [1.29, 1.82) is 0 Å². The zero-order valence-electron chi connectivity index (χ0n) is 10.8. The summed E-state index contributed by atoms with van der Waals surface area (Å²) in [4.78, 5) is 0. The molecule has 3 rings (SSSR count). The van der Waals surface area contributed by atoms with E-state index in [1.54, 1.807) is 5.56 Å². The SMILES string of the molecule is CC(c1n[nH]c2c1CCCC2)C1CCNCC1. The predicted octanol–water partition coefficient (Wildman–Crippen LogP) is 2.39. The molecule has 1 aliphatic carbocycles. The standard InChI is InChI=1S/C14H23N3/c1-10(11-6-8-15-9-7-11)14-12-4-2-3-5-13(12)16-17-14/h10-11,15H,2-9H2,1H3,(H,16,17). The summed E-state index contributed by atoms with van der Waals surface area (Å²) in [7, 11) is 0. The van der Waals surface area contributed by atoms with Crippen LogP contribution in [0.2, 0.25) is 0 Å². The summed E-state index contributed by atoms with van der Waals surface area (Å²) < 4.78 is 0. The molecule has 0 amide bonds. The van der Waals surface area contributed by atoms with Crippen LogP contribution in [0.3, 0.4) is 0 Å². The molecule has 94 valence electrons. The minimum Gasteiger partial charge on any atom is -0.317 e. The Balaban J connectivity index is 1.80. The fourth-order valence-electron chi connectivity index (χ4n) is 3.45. The molecule has 2 heterocycles. The van der Waals surface area contributed by atoms with Crippen LogP contribution in [-0.4, -0.2) is 23.3 Å². The first-order chi connectivity index (χ1) is 8.36. The molecule has 1 aromatic rings. The number of rotatable bonds is 2. The van der Waals surface area contributed by atoms with E-state index in [-0.39, 0.29) is 0 Å². The Morgan fingerprint density at radius 1 is 1.18 bits per heavy atom. The Morgan fingerprint density at radius 3 is 2.76 bits per heavy atom. The summed E-state index contributed by atoms with van der Waals surface area (Å²) in [5, 5.41) is 11.4. The Labute approximate surface area is 103 Å². The van der Waals surface area contributed by atoms with E-state index in [0.717, 1.165) is 5.92 Å². The van der Waals surface area contributed by atoms with Crippen LogP contribution >= 0.6 is 0 Å². The predicted molar refractivity (Wildman–Crippen MR) is 69.2 cm³/mol. The highest BCUT2D eigenvalue weighted by molar-refractivity contribution is 5.30. The first kappa shape index (κ1) is 11.3. The van der Waals surface area contributed by atoms with Crippen LogP contribution in [0.5, 0.6) is 0 Å². The van der Waals surface area contributed by atoms with Gasteiger partial charge in [-0.2, -0.15) is 5.10 Å². The molecule has 1 saturated heterocycles. The number of hydrogen-bond acceptors (Lipinski definition) is 2. The molecular weight excluding hydrogens is 210 g/mol. The van der Waals surface area contributed by atoms with Crippen molar-refractivity contribution in [3.63, 3.8) is 0 Å². The minimum absolute atomic E-state index is 0.634. The fraction of sp³-hybridized carbons (Fsp3) is 0.786. The van der Waals surface area contributed by atoms with Crippen molar-refractivity contribution in [2.45, 2.75) is 51.4 Å². The second kappa shape index (κ2) is 4.81. The van der Waals surface area contributed by atoms with Crippen LogP contribution in [0.1, 0.15) is 55.5 Å². The monoisotopic (exact) mass is 233 g/mol.